The molecule has 7 heteroatoms. The molecule has 0 spiro atoms. The van der Waals surface area contributed by atoms with Crippen LogP contribution in [0.1, 0.15) is 18.0 Å². The molecule has 0 aliphatic carbocycles. The Kier molecular flexibility index (Phi) is 4.08. The molecule has 0 aromatic heterocycles. The number of amides is 3. The van der Waals surface area contributed by atoms with Gasteiger partial charge in [-0.05, 0) is 24.1 Å². The number of halogens is 1. The predicted octanol–water partition coefficient (Wildman–Crippen LogP) is 0.485. The van der Waals surface area contributed by atoms with Crippen LogP contribution in [0.2, 0.25) is 0 Å². The number of rotatable bonds is 4. The summed E-state index contributed by atoms with van der Waals surface area (Å²) in [6.45, 7) is 1.29. The van der Waals surface area contributed by atoms with Crippen LogP contribution < -0.4 is 5.32 Å². The first kappa shape index (κ1) is 14.9. The zero-order valence-corrected chi connectivity index (χ0v) is 12.0. The van der Waals surface area contributed by atoms with Crippen molar-refractivity contribution in [2.45, 2.75) is 18.6 Å². The van der Waals surface area contributed by atoms with Gasteiger partial charge in [-0.1, -0.05) is 12.1 Å². The number of likely N-dealkylation sites (tertiary alicyclic amines) is 1. The average molecular weight is 307 g/mol. The van der Waals surface area contributed by atoms with Crippen LogP contribution >= 0.6 is 0 Å². The van der Waals surface area contributed by atoms with E-state index >= 15 is 0 Å². The third-order valence-corrected chi connectivity index (χ3v) is 4.18. The second kappa shape index (κ2) is 6.02. The van der Waals surface area contributed by atoms with Crippen molar-refractivity contribution in [3.8, 4) is 0 Å². The number of β-amino-alcohol motifs (C(OH)–C–C–N with tert-alkyl or cyclic N) is 1. The molecule has 2 aliphatic rings. The molecule has 2 atom stereocenters. The number of aliphatic hydroxyl groups is 1. The second-order valence-electron chi connectivity index (χ2n) is 5.66. The van der Waals surface area contributed by atoms with E-state index in [1.165, 1.54) is 17.0 Å². The highest BCUT2D eigenvalue weighted by molar-refractivity contribution is 6.01. The minimum Gasteiger partial charge on any atom is -0.392 e. The topological polar surface area (TPSA) is 72.9 Å². The quantitative estimate of drug-likeness (QED) is 0.794. The molecule has 0 saturated carbocycles. The van der Waals surface area contributed by atoms with Gasteiger partial charge in [-0.15, -0.1) is 0 Å². The molecule has 2 saturated heterocycles. The van der Waals surface area contributed by atoms with Crippen molar-refractivity contribution in [2.24, 2.45) is 0 Å². The van der Waals surface area contributed by atoms with Gasteiger partial charge >= 0.3 is 6.03 Å². The van der Waals surface area contributed by atoms with Gasteiger partial charge in [0.15, 0.2) is 0 Å². The largest absolute Gasteiger partial charge is 0.392 e. The van der Waals surface area contributed by atoms with E-state index in [2.05, 4.69) is 5.32 Å². The summed E-state index contributed by atoms with van der Waals surface area (Å²) in [4.78, 5) is 26.3. The molecule has 1 aromatic rings. The van der Waals surface area contributed by atoms with E-state index in [-0.39, 0.29) is 36.9 Å². The van der Waals surface area contributed by atoms with Crippen LogP contribution in [0.5, 0.6) is 0 Å². The zero-order valence-electron chi connectivity index (χ0n) is 12.0. The van der Waals surface area contributed by atoms with Gasteiger partial charge in [0.05, 0.1) is 12.6 Å². The average Bonchev–Trinajstić information content (AvgIpc) is 3.01. The van der Waals surface area contributed by atoms with Crippen molar-refractivity contribution in [1.29, 1.82) is 0 Å². The lowest BCUT2D eigenvalue weighted by molar-refractivity contribution is -0.125. The molecule has 2 heterocycles. The van der Waals surface area contributed by atoms with Crippen LogP contribution in [-0.4, -0.2) is 59.1 Å². The second-order valence-corrected chi connectivity index (χ2v) is 5.66. The highest BCUT2D eigenvalue weighted by atomic mass is 19.1. The summed E-state index contributed by atoms with van der Waals surface area (Å²) in [5.41, 5.74) is 0.926. The Bertz CT molecular complexity index is 562. The maximum Gasteiger partial charge on any atom is 0.324 e. The van der Waals surface area contributed by atoms with Crippen molar-refractivity contribution in [1.82, 2.24) is 15.1 Å². The Labute approximate surface area is 127 Å². The molecule has 2 fully saturated rings. The number of aliphatic hydroxyl groups excluding tert-OH is 1. The Morgan fingerprint density at radius 2 is 1.95 bits per heavy atom. The van der Waals surface area contributed by atoms with Crippen molar-refractivity contribution in [3.63, 3.8) is 0 Å². The molecule has 2 aliphatic heterocycles. The Hall–Kier alpha value is -1.99. The third kappa shape index (κ3) is 2.95. The van der Waals surface area contributed by atoms with Crippen molar-refractivity contribution in [3.05, 3.63) is 35.6 Å². The fourth-order valence-corrected chi connectivity index (χ4v) is 3.07. The smallest absolute Gasteiger partial charge is 0.324 e. The van der Waals surface area contributed by atoms with Gasteiger partial charge in [0.25, 0.3) is 0 Å². The lowest BCUT2D eigenvalue weighted by Gasteiger charge is -2.26. The SMILES string of the molecule is O=C1CNC(=O)N1CCN1C[C@H](O)C[C@H]1c1ccc(F)cc1. The van der Waals surface area contributed by atoms with E-state index in [1.807, 2.05) is 4.90 Å². The Balaban J connectivity index is 1.67. The van der Waals surface area contributed by atoms with Crippen molar-refractivity contribution < 1.29 is 19.1 Å². The number of carbonyl (C=O) groups excluding carboxylic acids is 2. The summed E-state index contributed by atoms with van der Waals surface area (Å²) in [6.07, 6.45) is 0.101. The summed E-state index contributed by atoms with van der Waals surface area (Å²) in [5, 5.41) is 12.4. The summed E-state index contributed by atoms with van der Waals surface area (Å²) in [6, 6.07) is 5.81. The standard InChI is InChI=1S/C15H18FN3O3/c16-11-3-1-10(2-4-11)13-7-12(20)9-18(13)5-6-19-14(21)8-17-15(19)22/h1-4,12-13,20H,5-9H2,(H,17,22)/t12-,13+/m1/s1. The lowest BCUT2D eigenvalue weighted by atomic mass is 10.0. The first-order valence-electron chi connectivity index (χ1n) is 7.30. The molecule has 22 heavy (non-hydrogen) atoms. The van der Waals surface area contributed by atoms with Crippen LogP contribution in [0.3, 0.4) is 0 Å². The van der Waals surface area contributed by atoms with Crippen LogP contribution in [0.4, 0.5) is 9.18 Å². The van der Waals surface area contributed by atoms with Gasteiger partial charge < -0.3 is 10.4 Å². The number of hydrogen-bond donors (Lipinski definition) is 2. The summed E-state index contributed by atoms with van der Waals surface area (Å²) >= 11 is 0. The molecule has 118 valence electrons. The van der Waals surface area contributed by atoms with Gasteiger partial charge in [-0.2, -0.15) is 0 Å². The number of imide groups is 1. The summed E-state index contributed by atoms with van der Waals surface area (Å²) < 4.78 is 13.0. The number of nitrogens with one attached hydrogen (secondary N) is 1. The molecular weight excluding hydrogens is 289 g/mol. The van der Waals surface area contributed by atoms with E-state index in [0.717, 1.165) is 5.56 Å². The summed E-state index contributed by atoms with van der Waals surface area (Å²) in [7, 11) is 0. The van der Waals surface area contributed by atoms with E-state index in [1.54, 1.807) is 12.1 Å². The normalized spacial score (nSPS) is 25.8. The molecule has 1 aromatic carbocycles. The highest BCUT2D eigenvalue weighted by Crippen LogP contribution is 2.31. The van der Waals surface area contributed by atoms with Crippen LogP contribution in [0, 0.1) is 5.82 Å². The molecule has 2 N–H and O–H groups in total. The van der Waals surface area contributed by atoms with Gasteiger partial charge in [0.2, 0.25) is 5.91 Å². The van der Waals surface area contributed by atoms with Crippen LogP contribution in [-0.2, 0) is 4.79 Å². The Morgan fingerprint density at radius 1 is 1.23 bits per heavy atom. The number of nitrogens with zero attached hydrogens (tertiary/aromatic N) is 2. The number of urea groups is 1. The number of carbonyl (C=O) groups is 2. The van der Waals surface area contributed by atoms with Gasteiger partial charge in [0, 0.05) is 25.7 Å². The van der Waals surface area contributed by atoms with Crippen molar-refractivity contribution in [2.75, 3.05) is 26.2 Å². The fourth-order valence-electron chi connectivity index (χ4n) is 3.07. The molecule has 3 amide bonds. The molecule has 0 radical (unpaired) electrons. The minimum absolute atomic E-state index is 0.0311. The predicted molar refractivity (Wildman–Crippen MR) is 76.4 cm³/mol. The highest BCUT2D eigenvalue weighted by Gasteiger charge is 2.34. The molecule has 0 unspecified atom stereocenters. The maximum atomic E-state index is 13.0. The van der Waals surface area contributed by atoms with Crippen LogP contribution in [0.15, 0.2) is 24.3 Å². The molecule has 3 rings (SSSR count). The van der Waals surface area contributed by atoms with Gasteiger partial charge in [-0.25, -0.2) is 9.18 Å². The minimum atomic E-state index is -0.460. The van der Waals surface area contributed by atoms with Gasteiger partial charge in [-0.3, -0.25) is 14.6 Å². The zero-order chi connectivity index (χ0) is 15.7. The third-order valence-electron chi connectivity index (χ3n) is 4.18. The number of benzene rings is 1. The summed E-state index contributed by atoms with van der Waals surface area (Å²) in [5.74, 6) is -0.531. The monoisotopic (exact) mass is 307 g/mol. The van der Waals surface area contributed by atoms with E-state index in [9.17, 15) is 19.1 Å². The molecule has 0 bridgehead atoms. The first-order valence-corrected chi connectivity index (χ1v) is 7.30. The fraction of sp³-hybridized carbons (Fsp3) is 0.467. The molecular formula is C15H18FN3O3. The van der Waals surface area contributed by atoms with E-state index < -0.39 is 6.10 Å². The van der Waals surface area contributed by atoms with E-state index in [4.69, 9.17) is 0 Å². The van der Waals surface area contributed by atoms with Gasteiger partial charge in [0.1, 0.15) is 5.82 Å². The molecule has 6 nitrogen and oxygen atoms in total. The first-order chi connectivity index (χ1) is 10.5. The van der Waals surface area contributed by atoms with Crippen LogP contribution in [0.25, 0.3) is 0 Å². The van der Waals surface area contributed by atoms with Crippen molar-refractivity contribution >= 4 is 11.9 Å². The maximum absolute atomic E-state index is 13.0. The Morgan fingerprint density at radius 3 is 2.59 bits per heavy atom. The number of hydrogen-bond acceptors (Lipinski definition) is 4. The lowest BCUT2D eigenvalue weighted by Crippen LogP contribution is -2.39. The van der Waals surface area contributed by atoms with E-state index in [0.29, 0.717) is 19.5 Å².